The summed E-state index contributed by atoms with van der Waals surface area (Å²) in [6.07, 6.45) is 2.52. The molecule has 0 aromatic carbocycles. The van der Waals surface area contributed by atoms with Crippen LogP contribution in [0.1, 0.15) is 26.2 Å². The number of hydrogen-bond donors (Lipinski definition) is 1. The highest BCUT2D eigenvalue weighted by atomic mass is 32.2. The topological polar surface area (TPSA) is 83.7 Å². The first-order chi connectivity index (χ1) is 9.82. The van der Waals surface area contributed by atoms with Crippen LogP contribution in [0.4, 0.5) is 0 Å². The molecule has 2 saturated heterocycles. The minimum absolute atomic E-state index is 0.0161. The predicted octanol–water partition coefficient (Wildman–Crippen LogP) is -0.309. The fourth-order valence-corrected chi connectivity index (χ4v) is 5.06. The molecule has 0 spiro atoms. The number of piperidine rings is 1. The lowest BCUT2D eigenvalue weighted by Crippen LogP contribution is -2.51. The van der Waals surface area contributed by atoms with E-state index in [1.807, 2.05) is 0 Å². The van der Waals surface area contributed by atoms with Gasteiger partial charge in [0.1, 0.15) is 0 Å². The summed E-state index contributed by atoms with van der Waals surface area (Å²) >= 11 is 0. The summed E-state index contributed by atoms with van der Waals surface area (Å²) in [5.74, 6) is 0.773. The minimum atomic E-state index is -2.95. The van der Waals surface area contributed by atoms with Gasteiger partial charge in [0, 0.05) is 32.2 Å². The van der Waals surface area contributed by atoms with Gasteiger partial charge in [0.15, 0.2) is 9.84 Å². The van der Waals surface area contributed by atoms with Crippen molar-refractivity contribution in [1.29, 1.82) is 0 Å². The highest BCUT2D eigenvalue weighted by molar-refractivity contribution is 7.91. The van der Waals surface area contributed by atoms with E-state index in [1.54, 1.807) is 11.9 Å². The lowest BCUT2D eigenvalue weighted by Gasteiger charge is -2.37. The van der Waals surface area contributed by atoms with Crippen molar-refractivity contribution in [2.75, 3.05) is 38.2 Å². The molecule has 0 aromatic rings. The van der Waals surface area contributed by atoms with Crippen LogP contribution in [0.3, 0.4) is 0 Å². The standard InChI is InChI=1S/C14H27N3O3S/c1-3-11-8-17(6-4-13(11)15)9-14(18)16(2)12-5-7-21(19,20)10-12/h11-13H,3-10,15H2,1-2H3. The Morgan fingerprint density at radius 2 is 2.10 bits per heavy atom. The van der Waals surface area contributed by atoms with E-state index in [2.05, 4.69) is 11.8 Å². The third-order valence-corrected chi connectivity index (χ3v) is 6.66. The molecule has 2 heterocycles. The molecule has 2 N–H and O–H groups in total. The largest absolute Gasteiger partial charge is 0.341 e. The van der Waals surface area contributed by atoms with Crippen LogP contribution in [0.15, 0.2) is 0 Å². The first kappa shape index (κ1) is 16.7. The van der Waals surface area contributed by atoms with Crippen molar-refractivity contribution in [2.45, 2.75) is 38.3 Å². The Labute approximate surface area is 127 Å². The van der Waals surface area contributed by atoms with Crippen LogP contribution >= 0.6 is 0 Å². The predicted molar refractivity (Wildman–Crippen MR) is 82.6 cm³/mol. The van der Waals surface area contributed by atoms with Gasteiger partial charge in [0.25, 0.3) is 0 Å². The van der Waals surface area contributed by atoms with Crippen LogP contribution in [0, 0.1) is 5.92 Å². The third kappa shape index (κ3) is 4.17. The highest BCUT2D eigenvalue weighted by Crippen LogP contribution is 2.20. The summed E-state index contributed by atoms with van der Waals surface area (Å²) in [4.78, 5) is 16.1. The zero-order valence-electron chi connectivity index (χ0n) is 13.0. The minimum Gasteiger partial charge on any atom is -0.341 e. The summed E-state index contributed by atoms with van der Waals surface area (Å²) in [5, 5.41) is 0. The Morgan fingerprint density at radius 3 is 2.67 bits per heavy atom. The lowest BCUT2D eigenvalue weighted by molar-refractivity contribution is -0.133. The Kier molecular flexibility index (Phi) is 5.27. The molecule has 3 atom stereocenters. The second-order valence-electron chi connectivity index (χ2n) is 6.42. The number of likely N-dealkylation sites (tertiary alicyclic amines) is 1. The quantitative estimate of drug-likeness (QED) is 0.769. The molecule has 1 amide bonds. The molecule has 21 heavy (non-hydrogen) atoms. The lowest BCUT2D eigenvalue weighted by atomic mass is 9.91. The van der Waals surface area contributed by atoms with Gasteiger partial charge in [-0.2, -0.15) is 0 Å². The van der Waals surface area contributed by atoms with Crippen LogP contribution < -0.4 is 5.73 Å². The van der Waals surface area contributed by atoms with Crippen molar-refractivity contribution in [2.24, 2.45) is 11.7 Å². The summed E-state index contributed by atoms with van der Waals surface area (Å²) < 4.78 is 23.0. The van der Waals surface area contributed by atoms with Gasteiger partial charge in [-0.15, -0.1) is 0 Å². The fourth-order valence-electron chi connectivity index (χ4n) is 3.29. The Balaban J connectivity index is 1.86. The van der Waals surface area contributed by atoms with E-state index in [4.69, 9.17) is 5.73 Å². The number of sulfone groups is 1. The molecule has 2 rings (SSSR count). The van der Waals surface area contributed by atoms with Gasteiger partial charge in [-0.3, -0.25) is 9.69 Å². The van der Waals surface area contributed by atoms with Crippen molar-refractivity contribution in [3.8, 4) is 0 Å². The monoisotopic (exact) mass is 317 g/mol. The van der Waals surface area contributed by atoms with Crippen molar-refractivity contribution < 1.29 is 13.2 Å². The van der Waals surface area contributed by atoms with Crippen molar-refractivity contribution >= 4 is 15.7 Å². The summed E-state index contributed by atoms with van der Waals surface area (Å²) in [6, 6.07) is 0.0792. The summed E-state index contributed by atoms with van der Waals surface area (Å²) in [6.45, 7) is 4.21. The summed E-state index contributed by atoms with van der Waals surface area (Å²) in [7, 11) is -1.23. The molecule has 0 bridgehead atoms. The van der Waals surface area contributed by atoms with Gasteiger partial charge in [-0.05, 0) is 18.8 Å². The number of hydrogen-bond acceptors (Lipinski definition) is 5. The average molecular weight is 317 g/mol. The second-order valence-corrected chi connectivity index (χ2v) is 8.65. The molecular formula is C14H27N3O3S. The van der Waals surface area contributed by atoms with E-state index in [9.17, 15) is 13.2 Å². The number of amides is 1. The van der Waals surface area contributed by atoms with E-state index in [1.165, 1.54) is 0 Å². The Morgan fingerprint density at radius 1 is 1.38 bits per heavy atom. The van der Waals surface area contributed by atoms with E-state index >= 15 is 0 Å². The van der Waals surface area contributed by atoms with Gasteiger partial charge in [0.2, 0.25) is 5.91 Å². The maximum absolute atomic E-state index is 12.3. The maximum atomic E-state index is 12.3. The van der Waals surface area contributed by atoms with Gasteiger partial charge in [-0.1, -0.05) is 13.3 Å². The molecule has 6 nitrogen and oxygen atoms in total. The molecule has 122 valence electrons. The Hall–Kier alpha value is -0.660. The Bertz CT molecular complexity index is 480. The van der Waals surface area contributed by atoms with Crippen LogP contribution in [-0.4, -0.2) is 74.4 Å². The molecular weight excluding hydrogens is 290 g/mol. The van der Waals surface area contributed by atoms with Crippen molar-refractivity contribution in [3.63, 3.8) is 0 Å². The number of nitrogens with zero attached hydrogens (tertiary/aromatic N) is 2. The molecule has 2 fully saturated rings. The molecule has 0 aliphatic carbocycles. The first-order valence-electron chi connectivity index (χ1n) is 7.76. The zero-order valence-corrected chi connectivity index (χ0v) is 13.8. The molecule has 0 saturated carbocycles. The molecule has 3 unspecified atom stereocenters. The SMILES string of the molecule is CCC1CN(CC(=O)N(C)C2CCS(=O)(=O)C2)CCC1N. The van der Waals surface area contributed by atoms with Gasteiger partial charge >= 0.3 is 0 Å². The number of nitrogens with two attached hydrogens (primary N) is 1. The highest BCUT2D eigenvalue weighted by Gasteiger charge is 2.34. The maximum Gasteiger partial charge on any atom is 0.236 e. The van der Waals surface area contributed by atoms with E-state index in [-0.39, 0.29) is 29.5 Å². The van der Waals surface area contributed by atoms with Gasteiger partial charge in [-0.25, -0.2) is 8.42 Å². The van der Waals surface area contributed by atoms with Gasteiger partial charge < -0.3 is 10.6 Å². The molecule has 2 aliphatic heterocycles. The number of likely N-dealkylation sites (N-methyl/N-ethyl adjacent to an activating group) is 1. The van der Waals surface area contributed by atoms with Gasteiger partial charge in [0.05, 0.1) is 18.1 Å². The second kappa shape index (κ2) is 6.62. The first-order valence-corrected chi connectivity index (χ1v) is 9.58. The van der Waals surface area contributed by atoms with Crippen LogP contribution in [0.25, 0.3) is 0 Å². The summed E-state index contributed by atoms with van der Waals surface area (Å²) in [5.41, 5.74) is 6.08. The smallest absolute Gasteiger partial charge is 0.236 e. The van der Waals surface area contributed by atoms with Crippen LogP contribution in [0.5, 0.6) is 0 Å². The van der Waals surface area contributed by atoms with Crippen LogP contribution in [0.2, 0.25) is 0 Å². The normalized spacial score (nSPS) is 33.0. The third-order valence-electron chi connectivity index (χ3n) is 4.91. The zero-order chi connectivity index (χ0) is 15.6. The average Bonchev–Trinajstić information content (AvgIpc) is 2.80. The number of rotatable bonds is 4. The van der Waals surface area contributed by atoms with Crippen molar-refractivity contribution in [1.82, 2.24) is 9.80 Å². The fraction of sp³-hybridized carbons (Fsp3) is 0.929. The van der Waals surface area contributed by atoms with Crippen LogP contribution in [-0.2, 0) is 14.6 Å². The molecule has 0 radical (unpaired) electrons. The van der Waals surface area contributed by atoms with E-state index in [0.29, 0.717) is 18.9 Å². The number of carbonyl (C=O) groups excluding carboxylic acids is 1. The molecule has 2 aliphatic rings. The van der Waals surface area contributed by atoms with E-state index in [0.717, 1.165) is 25.9 Å². The molecule has 7 heteroatoms. The number of carbonyl (C=O) groups is 1. The van der Waals surface area contributed by atoms with E-state index < -0.39 is 9.84 Å². The van der Waals surface area contributed by atoms with Crippen molar-refractivity contribution in [3.05, 3.63) is 0 Å². The molecule has 0 aromatic heterocycles.